The summed E-state index contributed by atoms with van der Waals surface area (Å²) >= 11 is 6.00. The van der Waals surface area contributed by atoms with E-state index < -0.39 is 0 Å². The first kappa shape index (κ1) is 23.6. The summed E-state index contributed by atoms with van der Waals surface area (Å²) in [5.41, 5.74) is 1.22. The first-order chi connectivity index (χ1) is 16.1. The van der Waals surface area contributed by atoms with Crippen LogP contribution in [-0.4, -0.2) is 78.9 Å². The molecular weight excluding hydrogens is 438 g/mol. The molecule has 0 spiro atoms. The second-order valence-corrected chi connectivity index (χ2v) is 9.16. The number of rotatable bonds is 7. The highest BCUT2D eigenvalue weighted by molar-refractivity contribution is 6.30. The first-order valence-electron chi connectivity index (χ1n) is 11.9. The van der Waals surface area contributed by atoms with Gasteiger partial charge in [-0.2, -0.15) is 0 Å². The van der Waals surface area contributed by atoms with Gasteiger partial charge >= 0.3 is 0 Å². The molecule has 0 aliphatic carbocycles. The second-order valence-electron chi connectivity index (χ2n) is 8.72. The third kappa shape index (κ3) is 6.49. The van der Waals surface area contributed by atoms with Crippen LogP contribution in [0.5, 0.6) is 5.75 Å². The Balaban J connectivity index is 1.21. The minimum absolute atomic E-state index is 0.0125. The zero-order valence-corrected chi connectivity index (χ0v) is 19.8. The standard InChI is InChI=1S/C26H32ClN3O3/c27-23-7-4-6-22(20-23)26(32)30-17-15-29(16-18-30)25(31)21-8-10-24(11-9-21)33-19-5-14-28-12-2-1-3-13-28/h4,6-11,20H,1-3,5,12-19H2. The van der Waals surface area contributed by atoms with Crippen molar-refractivity contribution in [2.45, 2.75) is 25.7 Å². The number of benzene rings is 2. The van der Waals surface area contributed by atoms with E-state index in [-0.39, 0.29) is 11.8 Å². The summed E-state index contributed by atoms with van der Waals surface area (Å²) in [5, 5.41) is 0.545. The average molecular weight is 470 g/mol. The number of hydrogen-bond acceptors (Lipinski definition) is 4. The molecule has 2 aliphatic heterocycles. The van der Waals surface area contributed by atoms with E-state index in [2.05, 4.69) is 4.90 Å². The number of amides is 2. The second kappa shape index (κ2) is 11.5. The fraction of sp³-hybridized carbons (Fsp3) is 0.462. The number of nitrogens with zero attached hydrogens (tertiary/aromatic N) is 3. The molecule has 2 fully saturated rings. The lowest BCUT2D eigenvalue weighted by atomic mass is 10.1. The summed E-state index contributed by atoms with van der Waals surface area (Å²) in [5.74, 6) is 0.732. The molecule has 2 saturated heterocycles. The van der Waals surface area contributed by atoms with Gasteiger partial charge in [0.1, 0.15) is 5.75 Å². The monoisotopic (exact) mass is 469 g/mol. The Kier molecular flexibility index (Phi) is 8.24. The predicted octanol–water partition coefficient (Wildman–Crippen LogP) is 4.19. The molecule has 2 amide bonds. The molecule has 4 rings (SSSR count). The SMILES string of the molecule is O=C(c1ccc(OCCCN2CCCCC2)cc1)N1CCN(C(=O)c2cccc(Cl)c2)CC1. The van der Waals surface area contributed by atoms with Crippen LogP contribution in [-0.2, 0) is 0 Å². The molecule has 0 saturated carbocycles. The van der Waals surface area contributed by atoms with Gasteiger partial charge in [-0.1, -0.05) is 24.1 Å². The Labute approximate surface area is 201 Å². The highest BCUT2D eigenvalue weighted by atomic mass is 35.5. The number of ether oxygens (including phenoxy) is 1. The summed E-state index contributed by atoms with van der Waals surface area (Å²) < 4.78 is 5.86. The zero-order valence-electron chi connectivity index (χ0n) is 19.0. The Morgan fingerprint density at radius 3 is 2.06 bits per heavy atom. The van der Waals surface area contributed by atoms with E-state index in [4.69, 9.17) is 16.3 Å². The maximum Gasteiger partial charge on any atom is 0.254 e. The number of piperidine rings is 1. The van der Waals surface area contributed by atoms with Crippen LogP contribution in [0.1, 0.15) is 46.4 Å². The lowest BCUT2D eigenvalue weighted by molar-refractivity contribution is 0.0535. The van der Waals surface area contributed by atoms with Gasteiger partial charge in [0, 0.05) is 48.9 Å². The van der Waals surface area contributed by atoms with Crippen molar-refractivity contribution < 1.29 is 14.3 Å². The topological polar surface area (TPSA) is 53.1 Å². The average Bonchev–Trinajstić information content (AvgIpc) is 2.87. The van der Waals surface area contributed by atoms with Crippen LogP contribution in [0.2, 0.25) is 5.02 Å². The molecule has 0 atom stereocenters. The van der Waals surface area contributed by atoms with Gasteiger partial charge in [-0.05, 0) is 74.8 Å². The first-order valence-corrected chi connectivity index (χ1v) is 12.3. The van der Waals surface area contributed by atoms with Crippen LogP contribution in [0.4, 0.5) is 0 Å². The maximum atomic E-state index is 12.9. The number of carbonyl (C=O) groups is 2. The molecule has 0 unspecified atom stereocenters. The van der Waals surface area contributed by atoms with E-state index in [9.17, 15) is 9.59 Å². The molecule has 0 aromatic heterocycles. The predicted molar refractivity (Wildman–Crippen MR) is 130 cm³/mol. The minimum Gasteiger partial charge on any atom is -0.494 e. The van der Waals surface area contributed by atoms with E-state index in [0.29, 0.717) is 48.9 Å². The van der Waals surface area contributed by atoms with Gasteiger partial charge in [0.15, 0.2) is 0 Å². The van der Waals surface area contributed by atoms with E-state index in [1.54, 1.807) is 34.1 Å². The van der Waals surface area contributed by atoms with Gasteiger partial charge in [-0.25, -0.2) is 0 Å². The molecular formula is C26H32ClN3O3. The summed E-state index contributed by atoms with van der Waals surface area (Å²) in [7, 11) is 0. The summed E-state index contributed by atoms with van der Waals surface area (Å²) in [6.45, 7) is 6.23. The van der Waals surface area contributed by atoms with Gasteiger partial charge in [-0.15, -0.1) is 0 Å². The van der Waals surface area contributed by atoms with Crippen molar-refractivity contribution in [1.82, 2.24) is 14.7 Å². The largest absolute Gasteiger partial charge is 0.494 e. The molecule has 33 heavy (non-hydrogen) atoms. The number of piperazine rings is 1. The molecule has 0 N–H and O–H groups in total. The Hall–Kier alpha value is -2.57. The highest BCUT2D eigenvalue weighted by Gasteiger charge is 2.25. The normalized spacial score (nSPS) is 17.1. The number of halogens is 1. The molecule has 2 aromatic carbocycles. The third-order valence-corrected chi connectivity index (χ3v) is 6.60. The fourth-order valence-corrected chi connectivity index (χ4v) is 4.64. The molecule has 0 radical (unpaired) electrons. The molecule has 7 heteroatoms. The van der Waals surface area contributed by atoms with Crippen LogP contribution in [0.15, 0.2) is 48.5 Å². The van der Waals surface area contributed by atoms with Crippen molar-refractivity contribution in [3.05, 3.63) is 64.7 Å². The lowest BCUT2D eigenvalue weighted by Gasteiger charge is -2.35. The van der Waals surface area contributed by atoms with Crippen molar-refractivity contribution in [1.29, 1.82) is 0 Å². The smallest absolute Gasteiger partial charge is 0.254 e. The Bertz CT molecular complexity index is 936. The van der Waals surface area contributed by atoms with Crippen molar-refractivity contribution in [2.75, 3.05) is 52.4 Å². The Morgan fingerprint density at radius 2 is 1.42 bits per heavy atom. The van der Waals surface area contributed by atoms with Crippen molar-refractivity contribution >= 4 is 23.4 Å². The molecule has 2 aromatic rings. The maximum absolute atomic E-state index is 12.9. The zero-order chi connectivity index (χ0) is 23.0. The van der Waals surface area contributed by atoms with E-state index in [0.717, 1.165) is 18.7 Å². The molecule has 176 valence electrons. The molecule has 0 bridgehead atoms. The van der Waals surface area contributed by atoms with E-state index >= 15 is 0 Å². The van der Waals surface area contributed by atoms with Crippen LogP contribution in [0.3, 0.4) is 0 Å². The number of carbonyl (C=O) groups excluding carboxylic acids is 2. The van der Waals surface area contributed by atoms with E-state index in [1.165, 1.54) is 32.4 Å². The minimum atomic E-state index is -0.0496. The fourth-order valence-electron chi connectivity index (χ4n) is 4.45. The van der Waals surface area contributed by atoms with E-state index in [1.807, 2.05) is 24.3 Å². The van der Waals surface area contributed by atoms with Gasteiger partial charge < -0.3 is 19.4 Å². The van der Waals surface area contributed by atoms with Crippen LogP contribution in [0.25, 0.3) is 0 Å². The van der Waals surface area contributed by atoms with Gasteiger partial charge in [0.25, 0.3) is 11.8 Å². The highest BCUT2D eigenvalue weighted by Crippen LogP contribution is 2.17. The van der Waals surface area contributed by atoms with Crippen molar-refractivity contribution in [2.24, 2.45) is 0 Å². The van der Waals surface area contributed by atoms with Gasteiger partial charge in [0.05, 0.1) is 6.61 Å². The lowest BCUT2D eigenvalue weighted by Crippen LogP contribution is -2.50. The van der Waals surface area contributed by atoms with Crippen molar-refractivity contribution in [3.63, 3.8) is 0 Å². The Morgan fingerprint density at radius 1 is 0.788 bits per heavy atom. The van der Waals surface area contributed by atoms with Crippen LogP contribution >= 0.6 is 11.6 Å². The summed E-state index contributed by atoms with van der Waals surface area (Å²) in [4.78, 5) is 31.7. The third-order valence-electron chi connectivity index (χ3n) is 6.36. The van der Waals surface area contributed by atoms with Gasteiger partial charge in [0.2, 0.25) is 0 Å². The molecule has 2 aliphatic rings. The molecule has 6 nitrogen and oxygen atoms in total. The number of hydrogen-bond donors (Lipinski definition) is 0. The van der Waals surface area contributed by atoms with Crippen LogP contribution in [0, 0.1) is 0 Å². The summed E-state index contributed by atoms with van der Waals surface area (Å²) in [6.07, 6.45) is 4.99. The van der Waals surface area contributed by atoms with Crippen molar-refractivity contribution in [3.8, 4) is 5.75 Å². The van der Waals surface area contributed by atoms with Crippen LogP contribution < -0.4 is 4.74 Å². The quantitative estimate of drug-likeness (QED) is 0.570. The molecule has 2 heterocycles. The number of likely N-dealkylation sites (tertiary alicyclic amines) is 1. The van der Waals surface area contributed by atoms with Gasteiger partial charge in [-0.3, -0.25) is 9.59 Å². The summed E-state index contributed by atoms with van der Waals surface area (Å²) in [6, 6.07) is 14.4.